The molecular formula is C20H15N3O3. The molecule has 0 aliphatic heterocycles. The van der Waals surface area contributed by atoms with Crippen molar-refractivity contribution in [2.45, 2.75) is 6.54 Å². The highest BCUT2D eigenvalue weighted by atomic mass is 16.3. The van der Waals surface area contributed by atoms with Gasteiger partial charge in [0.2, 0.25) is 0 Å². The highest BCUT2D eigenvalue weighted by Crippen LogP contribution is 2.15. The van der Waals surface area contributed by atoms with Crippen LogP contribution in [0.4, 0.5) is 5.69 Å². The minimum atomic E-state index is -0.352. The van der Waals surface area contributed by atoms with Gasteiger partial charge in [-0.25, -0.2) is 0 Å². The largest absolute Gasteiger partial charge is 0.467 e. The van der Waals surface area contributed by atoms with E-state index in [1.165, 1.54) is 0 Å². The molecule has 0 unspecified atom stereocenters. The topological polar surface area (TPSA) is 95.1 Å². The maximum Gasteiger partial charge on any atom is 0.255 e. The molecule has 0 radical (unpaired) electrons. The third-order valence-corrected chi connectivity index (χ3v) is 3.71. The van der Waals surface area contributed by atoms with Crippen molar-refractivity contribution in [3.63, 3.8) is 0 Å². The number of hydrogen-bond acceptors (Lipinski definition) is 4. The van der Waals surface area contributed by atoms with Crippen LogP contribution in [0.3, 0.4) is 0 Å². The van der Waals surface area contributed by atoms with E-state index in [2.05, 4.69) is 10.6 Å². The average molecular weight is 345 g/mol. The van der Waals surface area contributed by atoms with Gasteiger partial charge in [-0.05, 0) is 48.5 Å². The van der Waals surface area contributed by atoms with E-state index in [0.29, 0.717) is 34.7 Å². The monoisotopic (exact) mass is 345 g/mol. The molecule has 26 heavy (non-hydrogen) atoms. The molecular weight excluding hydrogens is 330 g/mol. The molecule has 0 saturated carbocycles. The summed E-state index contributed by atoms with van der Waals surface area (Å²) in [5, 5.41) is 14.5. The van der Waals surface area contributed by atoms with Gasteiger partial charge in [-0.3, -0.25) is 9.59 Å². The molecule has 3 aromatic rings. The molecule has 0 bridgehead atoms. The van der Waals surface area contributed by atoms with Gasteiger partial charge in [-0.15, -0.1) is 0 Å². The summed E-state index contributed by atoms with van der Waals surface area (Å²) in [6, 6.07) is 18.6. The molecule has 6 heteroatoms. The van der Waals surface area contributed by atoms with Crippen LogP contribution in [0.1, 0.15) is 32.0 Å². The van der Waals surface area contributed by atoms with Gasteiger partial charge < -0.3 is 15.1 Å². The number of anilines is 1. The molecule has 2 aromatic carbocycles. The van der Waals surface area contributed by atoms with Gasteiger partial charge in [0.05, 0.1) is 24.1 Å². The number of rotatable bonds is 5. The van der Waals surface area contributed by atoms with Gasteiger partial charge in [-0.2, -0.15) is 5.26 Å². The number of amides is 2. The summed E-state index contributed by atoms with van der Waals surface area (Å²) in [6.45, 7) is 0.291. The minimum absolute atomic E-state index is 0.261. The summed E-state index contributed by atoms with van der Waals surface area (Å²) in [4.78, 5) is 24.4. The molecule has 6 nitrogen and oxygen atoms in total. The maximum absolute atomic E-state index is 12.3. The Labute approximate surface area is 150 Å². The molecule has 0 spiro atoms. The summed E-state index contributed by atoms with van der Waals surface area (Å²) >= 11 is 0. The summed E-state index contributed by atoms with van der Waals surface area (Å²) in [7, 11) is 0. The van der Waals surface area contributed by atoms with E-state index >= 15 is 0 Å². The lowest BCUT2D eigenvalue weighted by Gasteiger charge is -2.08. The van der Waals surface area contributed by atoms with Crippen LogP contribution < -0.4 is 10.6 Å². The van der Waals surface area contributed by atoms with Crippen molar-refractivity contribution in [3.8, 4) is 6.07 Å². The lowest BCUT2D eigenvalue weighted by Crippen LogP contribution is -2.22. The highest BCUT2D eigenvalue weighted by Gasteiger charge is 2.11. The highest BCUT2D eigenvalue weighted by molar-refractivity contribution is 6.05. The van der Waals surface area contributed by atoms with Crippen LogP contribution in [0.5, 0.6) is 0 Å². The molecule has 1 aromatic heterocycles. The maximum atomic E-state index is 12.3. The average Bonchev–Trinajstić information content (AvgIpc) is 3.20. The second-order valence-electron chi connectivity index (χ2n) is 5.45. The van der Waals surface area contributed by atoms with E-state index < -0.39 is 0 Å². The van der Waals surface area contributed by atoms with Crippen LogP contribution in [-0.4, -0.2) is 11.8 Å². The van der Waals surface area contributed by atoms with Crippen LogP contribution in [0.25, 0.3) is 0 Å². The van der Waals surface area contributed by atoms with Crippen LogP contribution in [-0.2, 0) is 6.54 Å². The fourth-order valence-corrected chi connectivity index (χ4v) is 2.34. The van der Waals surface area contributed by atoms with E-state index in [9.17, 15) is 9.59 Å². The minimum Gasteiger partial charge on any atom is -0.467 e. The number of benzene rings is 2. The van der Waals surface area contributed by atoms with Crippen molar-refractivity contribution < 1.29 is 14.0 Å². The molecule has 2 N–H and O–H groups in total. The van der Waals surface area contributed by atoms with Crippen molar-refractivity contribution in [3.05, 3.63) is 89.4 Å². The lowest BCUT2D eigenvalue weighted by atomic mass is 10.1. The van der Waals surface area contributed by atoms with Crippen LogP contribution in [0.15, 0.2) is 71.3 Å². The predicted octanol–water partition coefficient (Wildman–Crippen LogP) is 3.33. The van der Waals surface area contributed by atoms with Crippen LogP contribution in [0.2, 0.25) is 0 Å². The second-order valence-corrected chi connectivity index (χ2v) is 5.45. The number of carbonyl (C=O) groups is 2. The van der Waals surface area contributed by atoms with E-state index in [4.69, 9.17) is 9.68 Å². The van der Waals surface area contributed by atoms with Gasteiger partial charge in [0, 0.05) is 11.1 Å². The Balaban J connectivity index is 1.64. The molecule has 128 valence electrons. The number of furan rings is 1. The number of nitrogens with one attached hydrogen (secondary N) is 2. The van der Waals surface area contributed by atoms with Gasteiger partial charge in [0.1, 0.15) is 11.8 Å². The summed E-state index contributed by atoms with van der Waals surface area (Å²) < 4.78 is 5.16. The zero-order valence-corrected chi connectivity index (χ0v) is 13.7. The summed E-state index contributed by atoms with van der Waals surface area (Å²) in [5.41, 5.74) is 1.65. The fourth-order valence-electron chi connectivity index (χ4n) is 2.34. The predicted molar refractivity (Wildman–Crippen MR) is 95.4 cm³/mol. The summed E-state index contributed by atoms with van der Waals surface area (Å²) in [5.74, 6) is 0.0453. The standard InChI is InChI=1S/C20H15N3O3/c21-12-16-4-1-2-6-18(16)23-20(25)15-9-7-14(8-10-15)19(24)22-13-17-5-3-11-26-17/h1-11H,13H2,(H,22,24)(H,23,25). The van der Waals surface area contributed by atoms with E-state index in [1.54, 1.807) is 66.9 Å². The summed E-state index contributed by atoms with van der Waals surface area (Å²) in [6.07, 6.45) is 1.54. The third-order valence-electron chi connectivity index (χ3n) is 3.71. The first-order valence-corrected chi connectivity index (χ1v) is 7.88. The third kappa shape index (κ3) is 3.97. The molecule has 1 heterocycles. The molecule has 0 aliphatic rings. The van der Waals surface area contributed by atoms with E-state index in [1.807, 2.05) is 6.07 Å². The number of nitriles is 1. The number of hydrogen-bond donors (Lipinski definition) is 2. The Kier molecular flexibility index (Phi) is 5.11. The zero-order chi connectivity index (χ0) is 18.4. The van der Waals surface area contributed by atoms with Crippen molar-refractivity contribution >= 4 is 17.5 Å². The van der Waals surface area contributed by atoms with Crippen molar-refractivity contribution in [1.29, 1.82) is 5.26 Å². The Bertz CT molecular complexity index is 955. The number of para-hydroxylation sites is 1. The van der Waals surface area contributed by atoms with E-state index in [-0.39, 0.29) is 11.8 Å². The fraction of sp³-hybridized carbons (Fsp3) is 0.0500. The molecule has 0 atom stereocenters. The number of nitrogens with zero attached hydrogens (tertiary/aromatic N) is 1. The van der Waals surface area contributed by atoms with Gasteiger partial charge >= 0.3 is 0 Å². The second kappa shape index (κ2) is 7.81. The first-order chi connectivity index (χ1) is 12.7. The van der Waals surface area contributed by atoms with Gasteiger partial charge in [0.25, 0.3) is 11.8 Å². The first kappa shape index (κ1) is 17.0. The van der Waals surface area contributed by atoms with Crippen LogP contribution in [0, 0.1) is 11.3 Å². The molecule has 0 aliphatic carbocycles. The smallest absolute Gasteiger partial charge is 0.255 e. The Morgan fingerprint density at radius 1 is 0.923 bits per heavy atom. The molecule has 0 saturated heterocycles. The SMILES string of the molecule is N#Cc1ccccc1NC(=O)c1ccc(C(=O)NCc2ccco2)cc1. The van der Waals surface area contributed by atoms with Gasteiger partial charge in [-0.1, -0.05) is 12.1 Å². The zero-order valence-electron chi connectivity index (χ0n) is 13.7. The van der Waals surface area contributed by atoms with Crippen molar-refractivity contribution in [2.24, 2.45) is 0 Å². The Hall–Kier alpha value is -3.85. The Morgan fingerprint density at radius 2 is 1.62 bits per heavy atom. The van der Waals surface area contributed by atoms with E-state index in [0.717, 1.165) is 0 Å². The molecule has 0 fully saturated rings. The quantitative estimate of drug-likeness (QED) is 0.741. The van der Waals surface area contributed by atoms with Crippen molar-refractivity contribution in [1.82, 2.24) is 5.32 Å². The molecule has 3 rings (SSSR count). The Morgan fingerprint density at radius 3 is 2.27 bits per heavy atom. The normalized spacial score (nSPS) is 9.96. The van der Waals surface area contributed by atoms with Crippen molar-refractivity contribution in [2.75, 3.05) is 5.32 Å². The molecule has 2 amide bonds. The van der Waals surface area contributed by atoms with Gasteiger partial charge in [0.15, 0.2) is 0 Å². The first-order valence-electron chi connectivity index (χ1n) is 7.88. The number of carbonyl (C=O) groups excluding carboxylic acids is 2. The lowest BCUT2D eigenvalue weighted by molar-refractivity contribution is 0.0946. The van der Waals surface area contributed by atoms with Crippen LogP contribution >= 0.6 is 0 Å².